The Morgan fingerprint density at radius 3 is 2.45 bits per heavy atom. The molecule has 0 aromatic heterocycles. The number of alkyl halides is 1. The number of unbranched alkanes of at least 4 members (excludes halogenated alkanes) is 1. The van der Waals surface area contributed by atoms with Crippen LogP contribution in [0.3, 0.4) is 0 Å². The fourth-order valence-corrected chi connectivity index (χ4v) is 1.64. The minimum atomic E-state index is -0.652. The van der Waals surface area contributed by atoms with E-state index in [0.717, 1.165) is 19.3 Å². The Balaban J connectivity index is 3.80. The van der Waals surface area contributed by atoms with Crippen LogP contribution in [0.15, 0.2) is 0 Å². The molecule has 0 saturated heterocycles. The lowest BCUT2D eigenvalue weighted by Crippen LogP contribution is -2.21. The predicted octanol–water partition coefficient (Wildman–Crippen LogP) is 2.70. The largest absolute Gasteiger partial charge is 0.481 e. The topological polar surface area (TPSA) is 37.3 Å². The fourth-order valence-electron chi connectivity index (χ4n) is 0.974. The van der Waals surface area contributed by atoms with Crippen LogP contribution in [0.1, 0.15) is 33.1 Å². The monoisotopic (exact) mass is 270 g/mol. The summed E-state index contributed by atoms with van der Waals surface area (Å²) in [5, 5.41) is 8.77. The van der Waals surface area contributed by atoms with Gasteiger partial charge >= 0.3 is 5.97 Å². The number of carboxylic acids is 1. The van der Waals surface area contributed by atoms with E-state index in [1.807, 2.05) is 6.92 Å². The SMILES string of the molecule is CCCCC(C(=O)O)C(C)I. The van der Waals surface area contributed by atoms with Crippen molar-refractivity contribution in [2.24, 2.45) is 5.92 Å². The minimum absolute atomic E-state index is 0.157. The number of rotatable bonds is 5. The van der Waals surface area contributed by atoms with E-state index in [0.29, 0.717) is 0 Å². The fraction of sp³-hybridized carbons (Fsp3) is 0.875. The van der Waals surface area contributed by atoms with Crippen molar-refractivity contribution in [1.82, 2.24) is 0 Å². The van der Waals surface area contributed by atoms with Crippen molar-refractivity contribution in [2.75, 3.05) is 0 Å². The molecule has 66 valence electrons. The maximum Gasteiger partial charge on any atom is 0.307 e. The molecule has 0 saturated carbocycles. The zero-order chi connectivity index (χ0) is 8.85. The normalized spacial score (nSPS) is 15.9. The highest BCUT2D eigenvalue weighted by Crippen LogP contribution is 2.19. The average molecular weight is 270 g/mol. The first kappa shape index (κ1) is 11.2. The molecule has 2 nitrogen and oxygen atoms in total. The Morgan fingerprint density at radius 1 is 1.64 bits per heavy atom. The summed E-state index contributed by atoms with van der Waals surface area (Å²) in [6.07, 6.45) is 2.91. The second-order valence-electron chi connectivity index (χ2n) is 2.76. The van der Waals surface area contributed by atoms with Gasteiger partial charge in [-0.15, -0.1) is 0 Å². The summed E-state index contributed by atoms with van der Waals surface area (Å²) in [5.74, 6) is -0.809. The van der Waals surface area contributed by atoms with Crippen molar-refractivity contribution in [3.63, 3.8) is 0 Å². The van der Waals surface area contributed by atoms with E-state index < -0.39 is 5.97 Å². The van der Waals surface area contributed by atoms with Crippen LogP contribution < -0.4 is 0 Å². The molecule has 3 heteroatoms. The number of hydrogen-bond donors (Lipinski definition) is 1. The van der Waals surface area contributed by atoms with Crippen LogP contribution >= 0.6 is 22.6 Å². The van der Waals surface area contributed by atoms with Crippen molar-refractivity contribution in [3.8, 4) is 0 Å². The molecule has 0 rings (SSSR count). The quantitative estimate of drug-likeness (QED) is 0.616. The Hall–Kier alpha value is 0.200. The van der Waals surface area contributed by atoms with E-state index >= 15 is 0 Å². The molecule has 0 aromatic carbocycles. The highest BCUT2D eigenvalue weighted by Gasteiger charge is 2.21. The van der Waals surface area contributed by atoms with Gasteiger partial charge < -0.3 is 5.11 Å². The third kappa shape index (κ3) is 4.61. The molecule has 0 heterocycles. The van der Waals surface area contributed by atoms with Crippen LogP contribution in [0.2, 0.25) is 0 Å². The second kappa shape index (κ2) is 5.80. The van der Waals surface area contributed by atoms with Gasteiger partial charge in [0, 0.05) is 3.92 Å². The van der Waals surface area contributed by atoms with E-state index in [1.54, 1.807) is 0 Å². The number of halogens is 1. The van der Waals surface area contributed by atoms with Gasteiger partial charge in [-0.25, -0.2) is 0 Å². The minimum Gasteiger partial charge on any atom is -0.481 e. The molecule has 0 spiro atoms. The first-order chi connectivity index (χ1) is 5.09. The van der Waals surface area contributed by atoms with Crippen molar-refractivity contribution in [3.05, 3.63) is 0 Å². The first-order valence-electron chi connectivity index (χ1n) is 3.96. The molecule has 0 amide bonds. The third-order valence-electron chi connectivity index (χ3n) is 1.74. The van der Waals surface area contributed by atoms with Crippen LogP contribution in [0, 0.1) is 5.92 Å². The van der Waals surface area contributed by atoms with E-state index in [-0.39, 0.29) is 9.84 Å². The predicted molar refractivity (Wildman–Crippen MR) is 54.1 cm³/mol. The highest BCUT2D eigenvalue weighted by atomic mass is 127. The Labute approximate surface area is 81.5 Å². The van der Waals surface area contributed by atoms with Crippen LogP contribution in [-0.2, 0) is 4.79 Å². The summed E-state index contributed by atoms with van der Waals surface area (Å²) in [6.45, 7) is 4.03. The number of aliphatic carboxylic acids is 1. The Kier molecular flexibility index (Phi) is 5.91. The van der Waals surface area contributed by atoms with Crippen molar-refractivity contribution in [2.45, 2.75) is 37.0 Å². The lowest BCUT2D eigenvalue weighted by Gasteiger charge is -2.13. The van der Waals surface area contributed by atoms with Crippen LogP contribution in [0.4, 0.5) is 0 Å². The number of hydrogen-bond acceptors (Lipinski definition) is 1. The third-order valence-corrected chi connectivity index (χ3v) is 2.61. The van der Waals surface area contributed by atoms with Gasteiger partial charge in [-0.3, -0.25) is 4.79 Å². The molecule has 0 aliphatic heterocycles. The molecular formula is C8H15IO2. The Bertz CT molecular complexity index is 123. The summed E-state index contributed by atoms with van der Waals surface area (Å²) >= 11 is 2.18. The van der Waals surface area contributed by atoms with Crippen molar-refractivity contribution >= 4 is 28.6 Å². The van der Waals surface area contributed by atoms with Crippen LogP contribution in [0.5, 0.6) is 0 Å². The van der Waals surface area contributed by atoms with Crippen molar-refractivity contribution < 1.29 is 9.90 Å². The van der Waals surface area contributed by atoms with Gasteiger partial charge in [-0.2, -0.15) is 0 Å². The molecule has 0 fully saturated rings. The number of carboxylic acid groups (broad SMARTS) is 1. The summed E-state index contributed by atoms with van der Waals surface area (Å²) < 4.78 is 0.233. The molecule has 0 aromatic rings. The molecule has 11 heavy (non-hydrogen) atoms. The highest BCUT2D eigenvalue weighted by molar-refractivity contribution is 14.1. The average Bonchev–Trinajstić information content (AvgIpc) is 1.87. The lowest BCUT2D eigenvalue weighted by atomic mass is 10.00. The molecule has 1 N–H and O–H groups in total. The summed E-state index contributed by atoms with van der Waals surface area (Å²) in [4.78, 5) is 10.6. The van der Waals surface area contributed by atoms with Gasteiger partial charge in [0.15, 0.2) is 0 Å². The van der Waals surface area contributed by atoms with Gasteiger partial charge in [-0.1, -0.05) is 49.3 Å². The molecule has 0 aliphatic rings. The standard InChI is InChI=1S/C8H15IO2/c1-3-4-5-7(6(2)9)8(10)11/h6-7H,3-5H2,1-2H3,(H,10,11). The zero-order valence-electron chi connectivity index (χ0n) is 7.01. The van der Waals surface area contributed by atoms with Crippen LogP contribution in [0.25, 0.3) is 0 Å². The molecule has 0 bridgehead atoms. The van der Waals surface area contributed by atoms with Gasteiger partial charge in [-0.05, 0) is 6.42 Å². The zero-order valence-corrected chi connectivity index (χ0v) is 9.17. The van der Waals surface area contributed by atoms with E-state index in [9.17, 15) is 4.79 Å². The number of carbonyl (C=O) groups is 1. The van der Waals surface area contributed by atoms with Crippen molar-refractivity contribution in [1.29, 1.82) is 0 Å². The lowest BCUT2D eigenvalue weighted by molar-refractivity contribution is -0.141. The summed E-state index contributed by atoms with van der Waals surface area (Å²) in [7, 11) is 0. The maximum atomic E-state index is 10.6. The molecule has 0 aliphatic carbocycles. The molecule has 2 unspecified atom stereocenters. The molecule has 0 radical (unpaired) electrons. The van der Waals surface area contributed by atoms with Gasteiger partial charge in [0.05, 0.1) is 5.92 Å². The Morgan fingerprint density at radius 2 is 2.18 bits per heavy atom. The smallest absolute Gasteiger partial charge is 0.307 e. The molecule has 2 atom stereocenters. The summed E-state index contributed by atoms with van der Waals surface area (Å²) in [5.41, 5.74) is 0. The van der Waals surface area contributed by atoms with E-state index in [2.05, 4.69) is 29.5 Å². The van der Waals surface area contributed by atoms with E-state index in [1.165, 1.54) is 0 Å². The maximum absolute atomic E-state index is 10.6. The summed E-state index contributed by atoms with van der Waals surface area (Å²) in [6, 6.07) is 0. The second-order valence-corrected chi connectivity index (χ2v) is 4.73. The van der Waals surface area contributed by atoms with Gasteiger partial charge in [0.25, 0.3) is 0 Å². The van der Waals surface area contributed by atoms with Gasteiger partial charge in [0.1, 0.15) is 0 Å². The van der Waals surface area contributed by atoms with Crippen LogP contribution in [-0.4, -0.2) is 15.0 Å². The molecular weight excluding hydrogens is 255 g/mol. The first-order valence-corrected chi connectivity index (χ1v) is 5.21. The van der Waals surface area contributed by atoms with E-state index in [4.69, 9.17) is 5.11 Å². The van der Waals surface area contributed by atoms with Gasteiger partial charge in [0.2, 0.25) is 0 Å².